The van der Waals surface area contributed by atoms with Crippen LogP contribution >= 0.6 is 0 Å². The maximum Gasteiger partial charge on any atom is 0.309 e. The van der Waals surface area contributed by atoms with E-state index < -0.39 is 5.97 Å². The van der Waals surface area contributed by atoms with Gasteiger partial charge < -0.3 is 14.4 Å². The number of rotatable bonds is 6. The molecule has 5 heteroatoms. The number of hydrogen-bond donors (Lipinski definition) is 0. The van der Waals surface area contributed by atoms with Crippen molar-refractivity contribution in [2.75, 3.05) is 19.8 Å². The van der Waals surface area contributed by atoms with E-state index in [0.717, 1.165) is 17.5 Å². The van der Waals surface area contributed by atoms with Gasteiger partial charge in [0.1, 0.15) is 5.75 Å². The van der Waals surface area contributed by atoms with E-state index in [1.54, 1.807) is 4.90 Å². The van der Waals surface area contributed by atoms with Crippen molar-refractivity contribution >= 4 is 11.9 Å². The quantitative estimate of drug-likeness (QED) is 0.750. The molecule has 0 saturated carbocycles. The number of ether oxygens (including phenoxy) is 2. The smallest absolute Gasteiger partial charge is 0.309 e. The molecule has 0 atom stereocenters. The molecule has 2 aromatic rings. The van der Waals surface area contributed by atoms with Gasteiger partial charge in [-0.3, -0.25) is 9.59 Å². The Bertz CT molecular complexity index is 770. The summed E-state index contributed by atoms with van der Waals surface area (Å²) in [5.41, 5.74) is 3.59. The molecule has 0 saturated heterocycles. The summed E-state index contributed by atoms with van der Waals surface area (Å²) in [5, 5.41) is 0. The zero-order valence-corrected chi connectivity index (χ0v) is 14.9. The van der Waals surface area contributed by atoms with E-state index in [2.05, 4.69) is 6.07 Å². The van der Waals surface area contributed by atoms with Gasteiger partial charge in [-0.2, -0.15) is 0 Å². The Balaban J connectivity index is 1.37. The predicted molar refractivity (Wildman–Crippen MR) is 97.8 cm³/mol. The topological polar surface area (TPSA) is 55.8 Å². The van der Waals surface area contributed by atoms with Crippen molar-refractivity contribution in [3.63, 3.8) is 0 Å². The van der Waals surface area contributed by atoms with Crippen LogP contribution < -0.4 is 4.74 Å². The van der Waals surface area contributed by atoms with Gasteiger partial charge in [-0.25, -0.2) is 0 Å². The third-order valence-electron chi connectivity index (χ3n) is 4.44. The van der Waals surface area contributed by atoms with Crippen molar-refractivity contribution in [1.82, 2.24) is 4.90 Å². The Morgan fingerprint density at radius 3 is 2.54 bits per heavy atom. The monoisotopic (exact) mass is 353 g/mol. The molecule has 5 nitrogen and oxygen atoms in total. The highest BCUT2D eigenvalue weighted by Gasteiger charge is 2.21. The van der Waals surface area contributed by atoms with Crippen molar-refractivity contribution in [3.8, 4) is 5.75 Å². The summed E-state index contributed by atoms with van der Waals surface area (Å²) in [6, 6.07) is 15.7. The number of benzene rings is 2. The molecule has 2 aromatic carbocycles. The number of aryl methyl sites for hydroxylation is 1. The minimum Gasteiger partial charge on any atom is -0.493 e. The molecule has 0 N–H and O–H groups in total. The van der Waals surface area contributed by atoms with Crippen LogP contribution in [-0.2, 0) is 27.3 Å². The molecule has 1 aliphatic heterocycles. The van der Waals surface area contributed by atoms with Crippen LogP contribution in [0.3, 0.4) is 0 Å². The van der Waals surface area contributed by atoms with Crippen LogP contribution in [0.5, 0.6) is 5.75 Å². The van der Waals surface area contributed by atoms with Crippen molar-refractivity contribution in [1.29, 1.82) is 0 Å². The minimum absolute atomic E-state index is 0.115. The van der Waals surface area contributed by atoms with E-state index in [1.807, 2.05) is 49.4 Å². The highest BCUT2D eigenvalue weighted by Crippen LogP contribution is 2.18. The number of nitrogens with zero attached hydrogens (tertiary/aromatic N) is 1. The van der Waals surface area contributed by atoms with Gasteiger partial charge in [0.25, 0.3) is 5.91 Å². The van der Waals surface area contributed by atoms with E-state index in [0.29, 0.717) is 18.8 Å². The Morgan fingerprint density at radius 1 is 1.04 bits per heavy atom. The molecule has 0 aromatic heterocycles. The number of esters is 1. The van der Waals surface area contributed by atoms with Crippen molar-refractivity contribution in [3.05, 3.63) is 65.2 Å². The van der Waals surface area contributed by atoms with Crippen LogP contribution in [0.2, 0.25) is 0 Å². The zero-order valence-electron chi connectivity index (χ0n) is 14.9. The summed E-state index contributed by atoms with van der Waals surface area (Å²) < 4.78 is 10.6. The molecule has 136 valence electrons. The van der Waals surface area contributed by atoms with Crippen molar-refractivity contribution in [2.24, 2.45) is 0 Å². The molecule has 1 amide bonds. The van der Waals surface area contributed by atoms with E-state index in [-0.39, 0.29) is 25.5 Å². The largest absolute Gasteiger partial charge is 0.493 e. The van der Waals surface area contributed by atoms with Gasteiger partial charge in [-0.15, -0.1) is 0 Å². The summed E-state index contributed by atoms with van der Waals surface area (Å²) in [7, 11) is 0. The predicted octanol–water partition coefficient (Wildman–Crippen LogP) is 2.89. The maximum absolute atomic E-state index is 12.3. The number of carbonyl (C=O) groups is 2. The molecule has 0 unspecified atom stereocenters. The SMILES string of the molecule is Cc1ccc(OCCC(=O)OCC(=O)N2CCc3ccccc3C2)cc1. The van der Waals surface area contributed by atoms with Gasteiger partial charge in [0.05, 0.1) is 13.0 Å². The number of hydrogen-bond acceptors (Lipinski definition) is 4. The molecule has 0 fully saturated rings. The lowest BCUT2D eigenvalue weighted by Crippen LogP contribution is -2.38. The molecular formula is C21H23NO4. The fourth-order valence-corrected chi connectivity index (χ4v) is 2.90. The second kappa shape index (κ2) is 8.52. The molecule has 0 aliphatic carbocycles. The highest BCUT2D eigenvalue weighted by molar-refractivity contribution is 5.81. The zero-order chi connectivity index (χ0) is 18.4. The third kappa shape index (κ3) is 4.85. The lowest BCUT2D eigenvalue weighted by Gasteiger charge is -2.28. The average molecular weight is 353 g/mol. The van der Waals surface area contributed by atoms with Gasteiger partial charge in [0.15, 0.2) is 6.61 Å². The first-order chi connectivity index (χ1) is 12.6. The van der Waals surface area contributed by atoms with Gasteiger partial charge in [0, 0.05) is 13.1 Å². The van der Waals surface area contributed by atoms with Crippen molar-refractivity contribution < 1.29 is 19.1 Å². The average Bonchev–Trinajstić information content (AvgIpc) is 2.67. The lowest BCUT2D eigenvalue weighted by atomic mass is 10.00. The van der Waals surface area contributed by atoms with Crippen LogP contribution in [0.4, 0.5) is 0 Å². The summed E-state index contributed by atoms with van der Waals surface area (Å²) >= 11 is 0. The summed E-state index contributed by atoms with van der Waals surface area (Å²) in [4.78, 5) is 25.8. The van der Waals surface area contributed by atoms with Gasteiger partial charge >= 0.3 is 5.97 Å². The summed E-state index contributed by atoms with van der Waals surface area (Å²) in [6.07, 6.45) is 0.949. The fraction of sp³-hybridized carbons (Fsp3) is 0.333. The second-order valence-electron chi connectivity index (χ2n) is 6.41. The Hall–Kier alpha value is -2.82. The standard InChI is InChI=1S/C21H23NO4/c1-16-6-8-19(9-7-16)25-13-11-21(24)26-15-20(23)22-12-10-17-4-2-3-5-18(17)14-22/h2-9H,10-15H2,1H3. The van der Waals surface area contributed by atoms with E-state index in [4.69, 9.17) is 9.47 Å². The number of amides is 1. The van der Waals surface area contributed by atoms with Gasteiger partial charge in [0.2, 0.25) is 0 Å². The minimum atomic E-state index is -0.428. The lowest BCUT2D eigenvalue weighted by molar-refractivity contribution is -0.152. The molecule has 0 radical (unpaired) electrons. The first-order valence-corrected chi connectivity index (χ1v) is 8.81. The Kier molecular flexibility index (Phi) is 5.89. The first kappa shape index (κ1) is 18.0. The molecule has 0 spiro atoms. The van der Waals surface area contributed by atoms with Crippen LogP contribution in [0.25, 0.3) is 0 Å². The number of fused-ring (bicyclic) bond motifs is 1. The second-order valence-corrected chi connectivity index (χ2v) is 6.41. The Morgan fingerprint density at radius 2 is 1.77 bits per heavy atom. The molecule has 26 heavy (non-hydrogen) atoms. The normalized spacial score (nSPS) is 13.0. The molecule has 1 aliphatic rings. The van der Waals surface area contributed by atoms with Crippen LogP contribution in [-0.4, -0.2) is 36.5 Å². The highest BCUT2D eigenvalue weighted by atomic mass is 16.5. The van der Waals surface area contributed by atoms with Crippen LogP contribution in [0, 0.1) is 6.92 Å². The number of carbonyl (C=O) groups excluding carboxylic acids is 2. The molecule has 3 rings (SSSR count). The van der Waals surface area contributed by atoms with Gasteiger partial charge in [-0.05, 0) is 36.6 Å². The van der Waals surface area contributed by atoms with Crippen LogP contribution in [0.15, 0.2) is 48.5 Å². The fourth-order valence-electron chi connectivity index (χ4n) is 2.90. The maximum atomic E-state index is 12.3. The molecule has 0 bridgehead atoms. The van der Waals surface area contributed by atoms with E-state index >= 15 is 0 Å². The first-order valence-electron chi connectivity index (χ1n) is 8.81. The van der Waals surface area contributed by atoms with E-state index in [9.17, 15) is 9.59 Å². The summed E-state index contributed by atoms with van der Waals surface area (Å²) in [6.45, 7) is 3.24. The van der Waals surface area contributed by atoms with E-state index in [1.165, 1.54) is 5.56 Å². The van der Waals surface area contributed by atoms with Gasteiger partial charge in [-0.1, -0.05) is 42.0 Å². The molecule has 1 heterocycles. The van der Waals surface area contributed by atoms with Crippen LogP contribution in [0.1, 0.15) is 23.1 Å². The molecular weight excluding hydrogens is 330 g/mol. The Labute approximate surface area is 153 Å². The third-order valence-corrected chi connectivity index (χ3v) is 4.44. The summed E-state index contributed by atoms with van der Waals surface area (Å²) in [5.74, 6) is 0.127. The van der Waals surface area contributed by atoms with Crippen molar-refractivity contribution in [2.45, 2.75) is 26.3 Å².